The molecule has 0 radical (unpaired) electrons. The second-order valence-electron chi connectivity index (χ2n) is 6.52. The van der Waals surface area contributed by atoms with Gasteiger partial charge in [0.05, 0.1) is 17.3 Å². The predicted molar refractivity (Wildman–Crippen MR) is 103 cm³/mol. The van der Waals surface area contributed by atoms with E-state index >= 15 is 0 Å². The number of amides is 2. The van der Waals surface area contributed by atoms with E-state index in [9.17, 15) is 9.59 Å². The van der Waals surface area contributed by atoms with Crippen LogP contribution in [0.1, 0.15) is 22.8 Å². The summed E-state index contributed by atoms with van der Waals surface area (Å²) in [4.78, 5) is 29.0. The molecular formula is C21H22N4O2. The molecular weight excluding hydrogens is 340 g/mol. The maximum absolute atomic E-state index is 12.6. The second kappa shape index (κ2) is 8.47. The predicted octanol–water partition coefficient (Wildman–Crippen LogP) is 2.34. The SMILES string of the molecule is C[C@@H](C(=O)Nc1ccccc1C#N)N1CCN(C(=O)c2ccccc2)CC1. The molecule has 3 rings (SSSR count). The van der Waals surface area contributed by atoms with E-state index < -0.39 is 0 Å². The molecule has 1 heterocycles. The van der Waals surface area contributed by atoms with Crippen LogP contribution in [0.2, 0.25) is 0 Å². The topological polar surface area (TPSA) is 76.4 Å². The van der Waals surface area contributed by atoms with Gasteiger partial charge in [-0.2, -0.15) is 5.26 Å². The maximum Gasteiger partial charge on any atom is 0.253 e. The molecule has 27 heavy (non-hydrogen) atoms. The number of hydrogen-bond acceptors (Lipinski definition) is 4. The maximum atomic E-state index is 12.6. The van der Waals surface area contributed by atoms with E-state index in [0.717, 1.165) is 0 Å². The fourth-order valence-electron chi connectivity index (χ4n) is 3.17. The molecule has 138 valence electrons. The van der Waals surface area contributed by atoms with Crippen LogP contribution >= 0.6 is 0 Å². The highest BCUT2D eigenvalue weighted by atomic mass is 16.2. The molecule has 1 atom stereocenters. The molecule has 1 aliphatic heterocycles. The van der Waals surface area contributed by atoms with E-state index in [1.54, 1.807) is 24.3 Å². The summed E-state index contributed by atoms with van der Waals surface area (Å²) in [6.07, 6.45) is 0. The monoisotopic (exact) mass is 362 g/mol. The zero-order valence-corrected chi connectivity index (χ0v) is 15.3. The van der Waals surface area contributed by atoms with Gasteiger partial charge in [-0.1, -0.05) is 30.3 Å². The van der Waals surface area contributed by atoms with Crippen molar-refractivity contribution in [1.82, 2.24) is 9.80 Å². The van der Waals surface area contributed by atoms with Gasteiger partial charge < -0.3 is 10.2 Å². The van der Waals surface area contributed by atoms with Crippen molar-refractivity contribution < 1.29 is 9.59 Å². The first kappa shape index (κ1) is 18.6. The number of carbonyl (C=O) groups is 2. The van der Waals surface area contributed by atoms with Crippen LogP contribution in [0.15, 0.2) is 54.6 Å². The van der Waals surface area contributed by atoms with Crippen LogP contribution < -0.4 is 5.32 Å². The summed E-state index contributed by atoms with van der Waals surface area (Å²) in [5, 5.41) is 12.0. The largest absolute Gasteiger partial charge is 0.336 e. The third kappa shape index (κ3) is 4.33. The van der Waals surface area contributed by atoms with Crippen molar-refractivity contribution in [1.29, 1.82) is 5.26 Å². The Bertz CT molecular complexity index is 852. The fourth-order valence-corrected chi connectivity index (χ4v) is 3.17. The lowest BCUT2D eigenvalue weighted by molar-refractivity contribution is -0.121. The number of benzene rings is 2. The number of nitrogens with one attached hydrogen (secondary N) is 1. The van der Waals surface area contributed by atoms with Gasteiger partial charge in [-0.15, -0.1) is 0 Å². The van der Waals surface area contributed by atoms with Crippen molar-refractivity contribution in [3.63, 3.8) is 0 Å². The van der Waals surface area contributed by atoms with Crippen LogP contribution in [-0.2, 0) is 4.79 Å². The van der Waals surface area contributed by atoms with Gasteiger partial charge in [0.15, 0.2) is 0 Å². The molecule has 6 heteroatoms. The van der Waals surface area contributed by atoms with Gasteiger partial charge in [0, 0.05) is 31.7 Å². The number of carbonyl (C=O) groups excluding carboxylic acids is 2. The highest BCUT2D eigenvalue weighted by molar-refractivity contribution is 5.96. The fraction of sp³-hybridized carbons (Fsp3) is 0.286. The minimum absolute atomic E-state index is 0.0234. The summed E-state index contributed by atoms with van der Waals surface area (Å²) in [5.41, 5.74) is 1.65. The van der Waals surface area contributed by atoms with E-state index in [4.69, 9.17) is 5.26 Å². The molecule has 2 aromatic carbocycles. The summed E-state index contributed by atoms with van der Waals surface area (Å²) in [5.74, 6) is -0.129. The van der Waals surface area contributed by atoms with Crippen LogP contribution in [0, 0.1) is 11.3 Å². The minimum atomic E-state index is -0.342. The molecule has 2 aromatic rings. The molecule has 0 bridgehead atoms. The van der Waals surface area contributed by atoms with E-state index in [1.165, 1.54) is 0 Å². The molecule has 0 aromatic heterocycles. The van der Waals surface area contributed by atoms with Gasteiger partial charge in [-0.25, -0.2) is 0 Å². The van der Waals surface area contributed by atoms with Gasteiger partial charge in [-0.3, -0.25) is 14.5 Å². The van der Waals surface area contributed by atoms with Gasteiger partial charge in [0.2, 0.25) is 5.91 Å². The number of para-hydroxylation sites is 1. The van der Waals surface area contributed by atoms with Gasteiger partial charge in [-0.05, 0) is 31.2 Å². The van der Waals surface area contributed by atoms with Crippen molar-refractivity contribution in [2.75, 3.05) is 31.5 Å². The second-order valence-corrected chi connectivity index (χ2v) is 6.52. The molecule has 1 aliphatic rings. The third-order valence-electron chi connectivity index (χ3n) is 4.85. The molecule has 6 nitrogen and oxygen atoms in total. The van der Waals surface area contributed by atoms with E-state index in [0.29, 0.717) is 43.0 Å². The lowest BCUT2D eigenvalue weighted by atomic mass is 10.1. The number of nitriles is 1. The Balaban J connectivity index is 1.56. The smallest absolute Gasteiger partial charge is 0.253 e. The summed E-state index contributed by atoms with van der Waals surface area (Å²) in [7, 11) is 0. The molecule has 0 aliphatic carbocycles. The Hall–Kier alpha value is -3.17. The Morgan fingerprint density at radius 3 is 2.30 bits per heavy atom. The third-order valence-corrected chi connectivity index (χ3v) is 4.85. The number of hydrogen-bond donors (Lipinski definition) is 1. The Kier molecular flexibility index (Phi) is 5.84. The van der Waals surface area contributed by atoms with Crippen molar-refractivity contribution in [2.24, 2.45) is 0 Å². The van der Waals surface area contributed by atoms with Crippen molar-refractivity contribution in [2.45, 2.75) is 13.0 Å². The van der Waals surface area contributed by atoms with E-state index in [-0.39, 0.29) is 17.9 Å². The molecule has 1 saturated heterocycles. The standard InChI is InChI=1S/C21H22N4O2/c1-16(20(26)23-19-10-6-5-9-18(19)15-22)24-11-13-25(14-12-24)21(27)17-7-3-2-4-8-17/h2-10,16H,11-14H2,1H3,(H,23,26)/t16-/m0/s1. The molecule has 1 N–H and O–H groups in total. The van der Waals surface area contributed by atoms with Gasteiger partial charge >= 0.3 is 0 Å². The number of rotatable bonds is 4. The first-order valence-electron chi connectivity index (χ1n) is 8.98. The van der Waals surface area contributed by atoms with Crippen molar-refractivity contribution >= 4 is 17.5 Å². The van der Waals surface area contributed by atoms with Gasteiger partial charge in [0.25, 0.3) is 5.91 Å². The highest BCUT2D eigenvalue weighted by Gasteiger charge is 2.28. The molecule has 1 fully saturated rings. The highest BCUT2D eigenvalue weighted by Crippen LogP contribution is 2.16. The Labute approximate surface area is 159 Å². The Morgan fingerprint density at radius 1 is 1.00 bits per heavy atom. The van der Waals surface area contributed by atoms with E-state index in [2.05, 4.69) is 16.3 Å². The zero-order chi connectivity index (χ0) is 19.2. The lowest BCUT2D eigenvalue weighted by Crippen LogP contribution is -2.54. The summed E-state index contributed by atoms with van der Waals surface area (Å²) >= 11 is 0. The number of piperazine rings is 1. The van der Waals surface area contributed by atoms with Crippen LogP contribution in [-0.4, -0.2) is 53.8 Å². The molecule has 0 unspecified atom stereocenters. The zero-order valence-electron chi connectivity index (χ0n) is 15.3. The summed E-state index contributed by atoms with van der Waals surface area (Å²) in [6.45, 7) is 4.28. The van der Waals surface area contributed by atoms with Crippen molar-refractivity contribution in [3.05, 3.63) is 65.7 Å². The summed E-state index contributed by atoms with van der Waals surface area (Å²) in [6, 6.07) is 17.9. The van der Waals surface area contributed by atoms with Crippen LogP contribution in [0.25, 0.3) is 0 Å². The number of anilines is 1. The molecule has 2 amide bonds. The first-order chi connectivity index (χ1) is 13.1. The molecule has 0 spiro atoms. The van der Waals surface area contributed by atoms with E-state index in [1.807, 2.05) is 42.2 Å². The van der Waals surface area contributed by atoms with Crippen LogP contribution in [0.5, 0.6) is 0 Å². The van der Waals surface area contributed by atoms with Crippen LogP contribution in [0.3, 0.4) is 0 Å². The van der Waals surface area contributed by atoms with Crippen LogP contribution in [0.4, 0.5) is 5.69 Å². The lowest BCUT2D eigenvalue weighted by Gasteiger charge is -2.37. The normalized spacial score (nSPS) is 15.6. The first-order valence-corrected chi connectivity index (χ1v) is 8.98. The number of nitrogens with zero attached hydrogens (tertiary/aromatic N) is 3. The molecule has 0 saturated carbocycles. The van der Waals surface area contributed by atoms with Crippen molar-refractivity contribution in [3.8, 4) is 6.07 Å². The Morgan fingerprint density at radius 2 is 1.63 bits per heavy atom. The van der Waals surface area contributed by atoms with Gasteiger partial charge in [0.1, 0.15) is 6.07 Å². The quantitative estimate of drug-likeness (QED) is 0.906. The minimum Gasteiger partial charge on any atom is -0.336 e. The average molecular weight is 362 g/mol. The average Bonchev–Trinajstić information content (AvgIpc) is 2.73. The summed E-state index contributed by atoms with van der Waals surface area (Å²) < 4.78 is 0.